The van der Waals surface area contributed by atoms with Crippen LogP contribution in [0.4, 0.5) is 11.6 Å². The summed E-state index contributed by atoms with van der Waals surface area (Å²) in [5.41, 5.74) is 5.82. The lowest BCUT2D eigenvalue weighted by Crippen LogP contribution is -2.43. The van der Waals surface area contributed by atoms with Crippen molar-refractivity contribution < 1.29 is 9.47 Å². The molecule has 2 saturated heterocycles. The van der Waals surface area contributed by atoms with Crippen LogP contribution in [0.2, 0.25) is 0 Å². The zero-order chi connectivity index (χ0) is 12.5. The van der Waals surface area contributed by atoms with Crippen molar-refractivity contribution >= 4 is 11.6 Å². The van der Waals surface area contributed by atoms with Crippen LogP contribution in [0, 0.1) is 0 Å². The summed E-state index contributed by atoms with van der Waals surface area (Å²) < 4.78 is 10.9. The van der Waals surface area contributed by atoms with Crippen LogP contribution in [0.15, 0.2) is 6.07 Å². The molecule has 1 aromatic heterocycles. The van der Waals surface area contributed by atoms with Crippen molar-refractivity contribution in [2.75, 3.05) is 30.8 Å². The highest BCUT2D eigenvalue weighted by atomic mass is 16.5. The van der Waals surface area contributed by atoms with Crippen LogP contribution < -0.4 is 10.6 Å². The molecule has 2 aliphatic heterocycles. The van der Waals surface area contributed by atoms with E-state index in [1.807, 2.05) is 6.07 Å². The number of nitrogens with zero attached hydrogens (tertiary/aromatic N) is 3. The van der Waals surface area contributed by atoms with Gasteiger partial charge in [-0.25, -0.2) is 9.97 Å². The summed E-state index contributed by atoms with van der Waals surface area (Å²) in [5, 5.41) is 0. The summed E-state index contributed by atoms with van der Waals surface area (Å²) in [6.07, 6.45) is 2.97. The van der Waals surface area contributed by atoms with Crippen molar-refractivity contribution in [2.45, 2.75) is 31.7 Å². The molecular formula is C12H18N4O2. The van der Waals surface area contributed by atoms with E-state index in [0.29, 0.717) is 30.5 Å². The minimum atomic E-state index is 0.339. The number of hydrogen-bond acceptors (Lipinski definition) is 6. The first kappa shape index (κ1) is 11.7. The van der Waals surface area contributed by atoms with Gasteiger partial charge in [-0.2, -0.15) is 0 Å². The minimum Gasteiger partial charge on any atom is -0.384 e. The van der Waals surface area contributed by atoms with Gasteiger partial charge in [0.15, 0.2) is 5.82 Å². The number of hydrogen-bond donors (Lipinski definition) is 1. The summed E-state index contributed by atoms with van der Waals surface area (Å²) >= 11 is 0. The summed E-state index contributed by atoms with van der Waals surface area (Å²) in [6, 6.07) is 1.82. The molecule has 2 aliphatic rings. The van der Waals surface area contributed by atoms with Crippen LogP contribution in [0.25, 0.3) is 0 Å². The average molecular weight is 250 g/mol. The molecule has 2 unspecified atom stereocenters. The molecule has 0 aliphatic carbocycles. The van der Waals surface area contributed by atoms with Gasteiger partial charge in [0, 0.05) is 26.3 Å². The third kappa shape index (κ3) is 2.26. The number of aromatic nitrogens is 2. The topological polar surface area (TPSA) is 73.5 Å². The Morgan fingerprint density at radius 3 is 2.78 bits per heavy atom. The molecule has 6 heteroatoms. The van der Waals surface area contributed by atoms with Gasteiger partial charge in [-0.3, -0.25) is 0 Å². The van der Waals surface area contributed by atoms with E-state index < -0.39 is 0 Å². The second-order valence-electron chi connectivity index (χ2n) is 4.86. The van der Waals surface area contributed by atoms with Gasteiger partial charge >= 0.3 is 0 Å². The SMILES string of the molecule is COCc1nc(N)cc(N2CC3CCC(C2)O3)n1. The lowest BCUT2D eigenvalue weighted by molar-refractivity contribution is 0.0302. The van der Waals surface area contributed by atoms with E-state index in [9.17, 15) is 0 Å². The molecule has 2 bridgehead atoms. The Labute approximate surface area is 106 Å². The van der Waals surface area contributed by atoms with Crippen LogP contribution in [-0.2, 0) is 16.1 Å². The van der Waals surface area contributed by atoms with Crippen molar-refractivity contribution in [1.82, 2.24) is 9.97 Å². The Bertz CT molecular complexity index is 428. The highest BCUT2D eigenvalue weighted by Crippen LogP contribution is 2.29. The molecule has 0 amide bonds. The first-order valence-corrected chi connectivity index (χ1v) is 6.27. The van der Waals surface area contributed by atoms with Gasteiger partial charge in [-0.15, -0.1) is 0 Å². The zero-order valence-corrected chi connectivity index (χ0v) is 10.5. The van der Waals surface area contributed by atoms with E-state index in [0.717, 1.165) is 31.7 Å². The van der Waals surface area contributed by atoms with E-state index in [2.05, 4.69) is 14.9 Å². The molecule has 2 N–H and O–H groups in total. The standard InChI is InChI=1S/C12H18N4O2/c1-17-7-11-14-10(13)4-12(15-11)16-5-8-2-3-9(6-16)18-8/h4,8-9H,2-3,5-7H2,1H3,(H2,13,14,15). The fourth-order valence-electron chi connectivity index (χ4n) is 2.66. The molecule has 2 fully saturated rings. The monoisotopic (exact) mass is 250 g/mol. The second-order valence-corrected chi connectivity index (χ2v) is 4.86. The summed E-state index contributed by atoms with van der Waals surface area (Å²) in [4.78, 5) is 10.9. The average Bonchev–Trinajstić information content (AvgIpc) is 2.68. The molecule has 3 rings (SSSR count). The Hall–Kier alpha value is -1.40. The van der Waals surface area contributed by atoms with Crippen LogP contribution in [0.5, 0.6) is 0 Å². The number of nitrogen functional groups attached to an aromatic ring is 1. The lowest BCUT2D eigenvalue weighted by Gasteiger charge is -2.33. The lowest BCUT2D eigenvalue weighted by atomic mass is 10.2. The van der Waals surface area contributed by atoms with Crippen molar-refractivity contribution in [3.05, 3.63) is 11.9 Å². The number of methoxy groups -OCH3 is 1. The third-order valence-electron chi connectivity index (χ3n) is 3.42. The van der Waals surface area contributed by atoms with Crippen LogP contribution in [-0.4, -0.2) is 42.4 Å². The van der Waals surface area contributed by atoms with Crippen molar-refractivity contribution in [1.29, 1.82) is 0 Å². The van der Waals surface area contributed by atoms with Crippen molar-refractivity contribution in [3.8, 4) is 0 Å². The molecule has 6 nitrogen and oxygen atoms in total. The molecule has 0 spiro atoms. The number of ether oxygens (including phenoxy) is 2. The van der Waals surface area contributed by atoms with Crippen molar-refractivity contribution in [3.63, 3.8) is 0 Å². The predicted molar refractivity (Wildman–Crippen MR) is 67.3 cm³/mol. The zero-order valence-electron chi connectivity index (χ0n) is 10.5. The molecule has 2 atom stereocenters. The molecule has 1 aromatic rings. The number of rotatable bonds is 3. The van der Waals surface area contributed by atoms with Crippen LogP contribution in [0.3, 0.4) is 0 Å². The molecular weight excluding hydrogens is 232 g/mol. The molecule has 18 heavy (non-hydrogen) atoms. The molecule has 0 aromatic carbocycles. The molecule has 0 radical (unpaired) electrons. The maximum absolute atomic E-state index is 5.82. The second kappa shape index (κ2) is 4.70. The third-order valence-corrected chi connectivity index (χ3v) is 3.42. The maximum Gasteiger partial charge on any atom is 0.158 e. The molecule has 98 valence electrons. The highest BCUT2D eigenvalue weighted by molar-refractivity contribution is 5.47. The summed E-state index contributed by atoms with van der Waals surface area (Å²) in [6.45, 7) is 2.16. The fourth-order valence-corrected chi connectivity index (χ4v) is 2.66. The van der Waals surface area contributed by atoms with Gasteiger partial charge in [0.1, 0.15) is 18.2 Å². The molecule has 0 saturated carbocycles. The van der Waals surface area contributed by atoms with E-state index >= 15 is 0 Å². The Kier molecular flexibility index (Phi) is 3.05. The summed E-state index contributed by atoms with van der Waals surface area (Å²) in [7, 11) is 1.63. The fraction of sp³-hybridized carbons (Fsp3) is 0.667. The normalized spacial score (nSPS) is 26.6. The number of anilines is 2. The van der Waals surface area contributed by atoms with E-state index in [4.69, 9.17) is 15.2 Å². The van der Waals surface area contributed by atoms with E-state index in [1.165, 1.54) is 0 Å². The number of fused-ring (bicyclic) bond motifs is 2. The Morgan fingerprint density at radius 2 is 2.11 bits per heavy atom. The van der Waals surface area contributed by atoms with Crippen LogP contribution in [0.1, 0.15) is 18.7 Å². The van der Waals surface area contributed by atoms with Gasteiger partial charge in [0.25, 0.3) is 0 Å². The highest BCUT2D eigenvalue weighted by Gasteiger charge is 2.34. The van der Waals surface area contributed by atoms with Gasteiger partial charge < -0.3 is 20.1 Å². The van der Waals surface area contributed by atoms with Gasteiger partial charge in [0.2, 0.25) is 0 Å². The molecule has 3 heterocycles. The quantitative estimate of drug-likeness (QED) is 0.845. The van der Waals surface area contributed by atoms with Gasteiger partial charge in [0.05, 0.1) is 12.2 Å². The van der Waals surface area contributed by atoms with E-state index in [1.54, 1.807) is 7.11 Å². The largest absolute Gasteiger partial charge is 0.384 e. The Morgan fingerprint density at radius 1 is 1.39 bits per heavy atom. The minimum absolute atomic E-state index is 0.339. The summed E-state index contributed by atoms with van der Waals surface area (Å²) in [5.74, 6) is 2.01. The predicted octanol–water partition coefficient (Wildman–Crippen LogP) is 0.573. The van der Waals surface area contributed by atoms with Crippen LogP contribution >= 0.6 is 0 Å². The number of nitrogens with two attached hydrogens (primary N) is 1. The van der Waals surface area contributed by atoms with Crippen molar-refractivity contribution in [2.24, 2.45) is 0 Å². The van der Waals surface area contributed by atoms with Gasteiger partial charge in [-0.05, 0) is 12.8 Å². The van der Waals surface area contributed by atoms with Gasteiger partial charge in [-0.1, -0.05) is 0 Å². The smallest absolute Gasteiger partial charge is 0.158 e. The first-order valence-electron chi connectivity index (χ1n) is 6.27. The first-order chi connectivity index (χ1) is 8.74. The number of morpholine rings is 1. The Balaban J connectivity index is 1.82. The van der Waals surface area contributed by atoms with E-state index in [-0.39, 0.29) is 0 Å². The maximum atomic E-state index is 5.82.